The van der Waals surface area contributed by atoms with Crippen LogP contribution >= 0.6 is 11.8 Å². The molecule has 2 atom stereocenters. The van der Waals surface area contributed by atoms with Crippen molar-refractivity contribution in [2.24, 2.45) is 5.92 Å². The highest BCUT2D eigenvalue weighted by atomic mass is 32.2. The lowest BCUT2D eigenvalue weighted by atomic mass is 10.00. The predicted octanol–water partition coefficient (Wildman–Crippen LogP) is 0.648. The summed E-state index contributed by atoms with van der Waals surface area (Å²) in [4.78, 5) is 0. The highest BCUT2D eigenvalue weighted by molar-refractivity contribution is 7.99. The normalized spacial score (nSPS) is 30.4. The van der Waals surface area contributed by atoms with Gasteiger partial charge >= 0.3 is 0 Å². The second-order valence-electron chi connectivity index (χ2n) is 5.46. The highest BCUT2D eigenvalue weighted by Gasteiger charge is 2.30. The zero-order valence-corrected chi connectivity index (χ0v) is 13.2. The standard InChI is InChI=1S/C12H25N3O2S2/c1-13-8-11-4-2-6-15(9-11)19(16,17)14-12-5-3-7-18-10-12/h11-14H,2-10H2,1H3. The minimum absolute atomic E-state index is 0.119. The molecule has 0 bridgehead atoms. The van der Waals surface area contributed by atoms with E-state index < -0.39 is 10.2 Å². The fourth-order valence-corrected chi connectivity index (χ4v) is 5.54. The molecule has 2 unspecified atom stereocenters. The first-order valence-corrected chi connectivity index (χ1v) is 9.71. The Balaban J connectivity index is 1.90. The summed E-state index contributed by atoms with van der Waals surface area (Å²) < 4.78 is 29.3. The summed E-state index contributed by atoms with van der Waals surface area (Å²) in [6.45, 7) is 2.21. The second kappa shape index (κ2) is 7.26. The van der Waals surface area contributed by atoms with Crippen molar-refractivity contribution in [3.8, 4) is 0 Å². The molecule has 0 aliphatic carbocycles. The number of nitrogens with zero attached hydrogens (tertiary/aromatic N) is 1. The molecule has 0 saturated carbocycles. The summed E-state index contributed by atoms with van der Waals surface area (Å²) in [5.41, 5.74) is 0. The Morgan fingerprint density at radius 1 is 1.32 bits per heavy atom. The molecule has 0 amide bonds. The van der Waals surface area contributed by atoms with Crippen LogP contribution in [0.1, 0.15) is 25.7 Å². The molecule has 0 radical (unpaired) electrons. The van der Waals surface area contributed by atoms with Crippen LogP contribution in [0.2, 0.25) is 0 Å². The van der Waals surface area contributed by atoms with Crippen LogP contribution in [0.3, 0.4) is 0 Å². The van der Waals surface area contributed by atoms with E-state index in [1.807, 2.05) is 18.8 Å². The van der Waals surface area contributed by atoms with Gasteiger partial charge in [-0.3, -0.25) is 0 Å². The first-order chi connectivity index (χ1) is 9.12. The van der Waals surface area contributed by atoms with Gasteiger partial charge in [0.05, 0.1) is 0 Å². The first-order valence-electron chi connectivity index (χ1n) is 7.11. The van der Waals surface area contributed by atoms with Gasteiger partial charge in [0, 0.05) is 24.9 Å². The average molecular weight is 307 g/mol. The number of rotatable bonds is 5. The molecule has 7 heteroatoms. The molecule has 0 aromatic heterocycles. The maximum Gasteiger partial charge on any atom is 0.279 e. The third-order valence-corrected chi connectivity index (χ3v) is 6.65. The lowest BCUT2D eigenvalue weighted by molar-refractivity contribution is 0.259. The molecule has 2 fully saturated rings. The van der Waals surface area contributed by atoms with E-state index in [9.17, 15) is 8.42 Å². The van der Waals surface area contributed by atoms with Crippen LogP contribution in [0.4, 0.5) is 0 Å². The zero-order valence-electron chi connectivity index (χ0n) is 11.6. The summed E-state index contributed by atoms with van der Waals surface area (Å²) in [5, 5.41) is 3.15. The predicted molar refractivity (Wildman–Crippen MR) is 80.6 cm³/mol. The van der Waals surface area contributed by atoms with Crippen LogP contribution in [0.5, 0.6) is 0 Å². The number of hydrogen-bond donors (Lipinski definition) is 2. The van der Waals surface area contributed by atoms with Crippen molar-refractivity contribution in [2.45, 2.75) is 31.7 Å². The third-order valence-electron chi connectivity index (χ3n) is 3.79. The van der Waals surface area contributed by atoms with Gasteiger partial charge in [0.25, 0.3) is 10.2 Å². The molecular formula is C12H25N3O2S2. The maximum atomic E-state index is 12.4. The quantitative estimate of drug-likeness (QED) is 0.783. The summed E-state index contributed by atoms with van der Waals surface area (Å²) in [6.07, 6.45) is 4.17. The second-order valence-corrected chi connectivity index (χ2v) is 8.31. The lowest BCUT2D eigenvalue weighted by Gasteiger charge is -2.33. The summed E-state index contributed by atoms with van der Waals surface area (Å²) in [5.74, 6) is 2.51. The largest absolute Gasteiger partial charge is 0.319 e. The van der Waals surface area contributed by atoms with Crippen molar-refractivity contribution in [2.75, 3.05) is 38.2 Å². The molecule has 5 nitrogen and oxygen atoms in total. The molecule has 0 spiro atoms. The molecule has 0 aromatic rings. The molecule has 19 heavy (non-hydrogen) atoms. The van der Waals surface area contributed by atoms with Crippen molar-refractivity contribution in [3.63, 3.8) is 0 Å². The van der Waals surface area contributed by atoms with E-state index in [2.05, 4.69) is 10.0 Å². The van der Waals surface area contributed by atoms with Crippen LogP contribution < -0.4 is 10.0 Å². The smallest absolute Gasteiger partial charge is 0.279 e. The molecule has 2 heterocycles. The molecular weight excluding hydrogens is 282 g/mol. The van der Waals surface area contributed by atoms with Gasteiger partial charge in [-0.1, -0.05) is 0 Å². The van der Waals surface area contributed by atoms with Gasteiger partial charge in [-0.05, 0) is 50.9 Å². The van der Waals surface area contributed by atoms with Crippen molar-refractivity contribution in [3.05, 3.63) is 0 Å². The van der Waals surface area contributed by atoms with Gasteiger partial charge in [-0.25, -0.2) is 0 Å². The van der Waals surface area contributed by atoms with E-state index in [1.165, 1.54) is 0 Å². The van der Waals surface area contributed by atoms with Crippen molar-refractivity contribution in [1.29, 1.82) is 0 Å². The molecule has 2 aliphatic rings. The first kappa shape index (κ1) is 15.6. The summed E-state index contributed by atoms with van der Waals surface area (Å²) in [7, 11) is -1.37. The van der Waals surface area contributed by atoms with E-state index in [0.29, 0.717) is 19.0 Å². The highest BCUT2D eigenvalue weighted by Crippen LogP contribution is 2.21. The molecule has 2 rings (SSSR count). The fraction of sp³-hybridized carbons (Fsp3) is 1.00. The van der Waals surface area contributed by atoms with Crippen LogP contribution in [0.15, 0.2) is 0 Å². The molecule has 2 aliphatic heterocycles. The van der Waals surface area contributed by atoms with Gasteiger partial charge in [-0.15, -0.1) is 0 Å². The van der Waals surface area contributed by atoms with Gasteiger partial charge in [-0.2, -0.15) is 29.2 Å². The Morgan fingerprint density at radius 2 is 2.16 bits per heavy atom. The Kier molecular flexibility index (Phi) is 5.95. The van der Waals surface area contributed by atoms with Crippen LogP contribution in [-0.4, -0.2) is 57.0 Å². The molecule has 112 valence electrons. The SMILES string of the molecule is CNCC1CCCN(S(=O)(=O)NC2CCCSC2)C1. The number of thioether (sulfide) groups is 1. The number of piperidine rings is 1. The summed E-state index contributed by atoms with van der Waals surface area (Å²) >= 11 is 1.84. The third kappa shape index (κ3) is 4.60. The van der Waals surface area contributed by atoms with Crippen LogP contribution in [0.25, 0.3) is 0 Å². The van der Waals surface area contributed by atoms with Crippen molar-refractivity contribution >= 4 is 22.0 Å². The topological polar surface area (TPSA) is 61.4 Å². The van der Waals surface area contributed by atoms with E-state index in [0.717, 1.165) is 43.7 Å². The van der Waals surface area contributed by atoms with Crippen LogP contribution in [-0.2, 0) is 10.2 Å². The Hall–Kier alpha value is 0.180. The van der Waals surface area contributed by atoms with Gasteiger partial charge in [0.2, 0.25) is 0 Å². The van der Waals surface area contributed by atoms with E-state index in [1.54, 1.807) is 4.31 Å². The Labute approximate surface area is 121 Å². The minimum atomic E-state index is -3.29. The average Bonchev–Trinajstić information content (AvgIpc) is 2.40. The van der Waals surface area contributed by atoms with Gasteiger partial charge in [0.15, 0.2) is 0 Å². The number of hydrogen-bond acceptors (Lipinski definition) is 4. The number of nitrogens with one attached hydrogen (secondary N) is 2. The maximum absolute atomic E-state index is 12.4. The van der Waals surface area contributed by atoms with E-state index >= 15 is 0 Å². The zero-order chi connectivity index (χ0) is 13.7. The van der Waals surface area contributed by atoms with E-state index in [-0.39, 0.29) is 6.04 Å². The van der Waals surface area contributed by atoms with Crippen molar-refractivity contribution in [1.82, 2.24) is 14.3 Å². The Morgan fingerprint density at radius 3 is 2.84 bits per heavy atom. The Bertz CT molecular complexity index is 367. The minimum Gasteiger partial charge on any atom is -0.319 e. The fourth-order valence-electron chi connectivity index (χ4n) is 2.82. The molecule has 0 aromatic carbocycles. The van der Waals surface area contributed by atoms with Gasteiger partial charge in [0.1, 0.15) is 0 Å². The van der Waals surface area contributed by atoms with Crippen LogP contribution in [0, 0.1) is 5.92 Å². The van der Waals surface area contributed by atoms with E-state index in [4.69, 9.17) is 0 Å². The summed E-state index contributed by atoms with van der Waals surface area (Å²) in [6, 6.07) is 0.119. The molecule has 2 N–H and O–H groups in total. The van der Waals surface area contributed by atoms with Gasteiger partial charge < -0.3 is 5.32 Å². The lowest BCUT2D eigenvalue weighted by Crippen LogP contribution is -2.51. The monoisotopic (exact) mass is 307 g/mol. The molecule has 2 saturated heterocycles. The van der Waals surface area contributed by atoms with Crippen molar-refractivity contribution < 1.29 is 8.42 Å².